The fourth-order valence-electron chi connectivity index (χ4n) is 2.27. The third-order valence-corrected chi connectivity index (χ3v) is 3.61. The molecule has 0 unspecified atom stereocenters. The summed E-state index contributed by atoms with van der Waals surface area (Å²) in [4.78, 5) is 26.8. The highest BCUT2D eigenvalue weighted by Gasteiger charge is 2.17. The summed E-state index contributed by atoms with van der Waals surface area (Å²) < 4.78 is 0. The predicted octanol–water partition coefficient (Wildman–Crippen LogP) is 1.83. The van der Waals surface area contributed by atoms with Gasteiger partial charge in [0.15, 0.2) is 0 Å². The molecule has 0 spiro atoms. The fourth-order valence-corrected chi connectivity index (χ4v) is 2.27. The maximum absolute atomic E-state index is 12.0. The van der Waals surface area contributed by atoms with Gasteiger partial charge in [-0.15, -0.1) is 0 Å². The van der Waals surface area contributed by atoms with Crippen LogP contribution in [-0.2, 0) is 16.0 Å². The molecule has 1 fully saturated rings. The van der Waals surface area contributed by atoms with E-state index in [0.717, 1.165) is 37.2 Å². The quantitative estimate of drug-likeness (QED) is 0.832. The average molecular weight is 260 g/mol. The fraction of sp³-hybridized carbons (Fsp3) is 0.467. The minimum Gasteiger partial charge on any atom is -0.342 e. The summed E-state index contributed by atoms with van der Waals surface area (Å²) >= 11 is 0. The van der Waals surface area contributed by atoms with Crippen LogP contribution < -0.4 is 4.90 Å². The third-order valence-electron chi connectivity index (χ3n) is 3.61. The van der Waals surface area contributed by atoms with Gasteiger partial charge >= 0.3 is 0 Å². The molecule has 2 amide bonds. The van der Waals surface area contributed by atoms with Crippen LogP contribution in [0, 0.1) is 0 Å². The molecule has 0 atom stereocenters. The first-order valence-corrected chi connectivity index (χ1v) is 6.69. The van der Waals surface area contributed by atoms with Crippen LogP contribution in [0.2, 0.25) is 0 Å². The molecule has 4 nitrogen and oxygen atoms in total. The van der Waals surface area contributed by atoms with Crippen molar-refractivity contribution in [1.82, 2.24) is 4.90 Å². The SMILES string of the molecule is CC(=O)N(C)c1ccc(CC(=O)N2CCCC2)cc1. The molecular weight excluding hydrogens is 240 g/mol. The smallest absolute Gasteiger partial charge is 0.226 e. The van der Waals surface area contributed by atoms with Gasteiger partial charge in [0.25, 0.3) is 0 Å². The Kier molecular flexibility index (Phi) is 4.20. The summed E-state index contributed by atoms with van der Waals surface area (Å²) in [7, 11) is 1.74. The van der Waals surface area contributed by atoms with Crippen molar-refractivity contribution >= 4 is 17.5 Å². The Hall–Kier alpha value is -1.84. The summed E-state index contributed by atoms with van der Waals surface area (Å²) in [5.41, 5.74) is 1.85. The lowest BCUT2D eigenvalue weighted by atomic mass is 10.1. The van der Waals surface area contributed by atoms with Crippen LogP contribution in [0.5, 0.6) is 0 Å². The second-order valence-electron chi connectivity index (χ2n) is 5.01. The molecule has 4 heteroatoms. The molecule has 1 heterocycles. The Morgan fingerprint density at radius 1 is 1.16 bits per heavy atom. The topological polar surface area (TPSA) is 40.6 Å². The number of amides is 2. The van der Waals surface area contributed by atoms with Gasteiger partial charge in [0.1, 0.15) is 0 Å². The van der Waals surface area contributed by atoms with Crippen LogP contribution in [-0.4, -0.2) is 36.9 Å². The number of carbonyl (C=O) groups is 2. The van der Waals surface area contributed by atoms with E-state index in [1.165, 1.54) is 6.92 Å². The molecule has 0 aliphatic carbocycles. The highest BCUT2D eigenvalue weighted by atomic mass is 16.2. The molecular formula is C15H20N2O2. The molecule has 102 valence electrons. The van der Waals surface area contributed by atoms with Crippen LogP contribution >= 0.6 is 0 Å². The molecule has 1 aromatic carbocycles. The van der Waals surface area contributed by atoms with E-state index >= 15 is 0 Å². The lowest BCUT2D eigenvalue weighted by Crippen LogP contribution is -2.29. The van der Waals surface area contributed by atoms with E-state index in [1.807, 2.05) is 29.2 Å². The number of nitrogens with zero attached hydrogens (tertiary/aromatic N) is 2. The maximum Gasteiger partial charge on any atom is 0.226 e. The number of hydrogen-bond acceptors (Lipinski definition) is 2. The van der Waals surface area contributed by atoms with Crippen molar-refractivity contribution in [3.05, 3.63) is 29.8 Å². The Morgan fingerprint density at radius 3 is 2.26 bits per heavy atom. The normalized spacial score (nSPS) is 14.5. The van der Waals surface area contributed by atoms with E-state index in [-0.39, 0.29) is 11.8 Å². The molecule has 1 saturated heterocycles. The molecule has 1 aliphatic heterocycles. The monoisotopic (exact) mass is 260 g/mol. The Bertz CT molecular complexity index is 462. The van der Waals surface area contributed by atoms with E-state index in [0.29, 0.717) is 6.42 Å². The molecule has 2 rings (SSSR count). The molecule has 19 heavy (non-hydrogen) atoms. The zero-order chi connectivity index (χ0) is 13.8. The van der Waals surface area contributed by atoms with Crippen LogP contribution in [0.3, 0.4) is 0 Å². The Balaban J connectivity index is 1.98. The van der Waals surface area contributed by atoms with Crippen molar-refractivity contribution in [1.29, 1.82) is 0 Å². The zero-order valence-corrected chi connectivity index (χ0v) is 11.6. The number of likely N-dealkylation sites (tertiary alicyclic amines) is 1. The molecule has 0 saturated carbocycles. The van der Waals surface area contributed by atoms with Gasteiger partial charge in [-0.3, -0.25) is 9.59 Å². The zero-order valence-electron chi connectivity index (χ0n) is 11.6. The second-order valence-corrected chi connectivity index (χ2v) is 5.01. The standard InChI is InChI=1S/C15H20N2O2/c1-12(18)16(2)14-7-5-13(6-8-14)11-15(19)17-9-3-4-10-17/h5-8H,3-4,9-11H2,1-2H3. The van der Waals surface area contributed by atoms with Crippen LogP contribution in [0.4, 0.5) is 5.69 Å². The van der Waals surface area contributed by atoms with Gasteiger partial charge in [-0.2, -0.15) is 0 Å². The van der Waals surface area contributed by atoms with Gasteiger partial charge in [0, 0.05) is 32.7 Å². The van der Waals surface area contributed by atoms with Gasteiger partial charge in [-0.05, 0) is 30.5 Å². The highest BCUT2D eigenvalue weighted by molar-refractivity contribution is 5.90. The molecule has 0 N–H and O–H groups in total. The minimum atomic E-state index is 0.000827. The largest absolute Gasteiger partial charge is 0.342 e. The lowest BCUT2D eigenvalue weighted by Gasteiger charge is -2.17. The summed E-state index contributed by atoms with van der Waals surface area (Å²) in [6, 6.07) is 7.60. The number of anilines is 1. The first kappa shape index (κ1) is 13.6. The van der Waals surface area contributed by atoms with Crippen molar-refractivity contribution in [3.8, 4) is 0 Å². The van der Waals surface area contributed by atoms with Crippen LogP contribution in [0.15, 0.2) is 24.3 Å². The number of hydrogen-bond donors (Lipinski definition) is 0. The van der Waals surface area contributed by atoms with E-state index in [4.69, 9.17) is 0 Å². The van der Waals surface area contributed by atoms with Gasteiger partial charge in [-0.1, -0.05) is 12.1 Å². The van der Waals surface area contributed by atoms with E-state index in [1.54, 1.807) is 11.9 Å². The lowest BCUT2D eigenvalue weighted by molar-refractivity contribution is -0.129. The second kappa shape index (κ2) is 5.87. The third kappa shape index (κ3) is 3.34. The van der Waals surface area contributed by atoms with Crippen molar-refractivity contribution in [2.45, 2.75) is 26.2 Å². The van der Waals surface area contributed by atoms with Gasteiger partial charge in [-0.25, -0.2) is 0 Å². The molecule has 0 bridgehead atoms. The Morgan fingerprint density at radius 2 is 1.74 bits per heavy atom. The van der Waals surface area contributed by atoms with Crippen LogP contribution in [0.25, 0.3) is 0 Å². The summed E-state index contributed by atoms with van der Waals surface area (Å²) in [5, 5.41) is 0. The van der Waals surface area contributed by atoms with E-state index in [9.17, 15) is 9.59 Å². The van der Waals surface area contributed by atoms with Crippen LogP contribution in [0.1, 0.15) is 25.3 Å². The maximum atomic E-state index is 12.0. The summed E-state index contributed by atoms with van der Waals surface area (Å²) in [5.74, 6) is 0.200. The number of benzene rings is 1. The molecule has 0 aromatic heterocycles. The summed E-state index contributed by atoms with van der Waals surface area (Å²) in [6.07, 6.45) is 2.69. The van der Waals surface area contributed by atoms with Gasteiger partial charge in [0.2, 0.25) is 11.8 Å². The van der Waals surface area contributed by atoms with E-state index < -0.39 is 0 Å². The van der Waals surface area contributed by atoms with Crippen molar-refractivity contribution in [2.75, 3.05) is 25.0 Å². The number of carbonyl (C=O) groups excluding carboxylic acids is 2. The molecule has 1 aromatic rings. The van der Waals surface area contributed by atoms with Crippen molar-refractivity contribution in [3.63, 3.8) is 0 Å². The first-order valence-electron chi connectivity index (χ1n) is 6.69. The van der Waals surface area contributed by atoms with Crippen molar-refractivity contribution in [2.24, 2.45) is 0 Å². The molecule has 1 aliphatic rings. The first-order chi connectivity index (χ1) is 9.08. The van der Waals surface area contributed by atoms with E-state index in [2.05, 4.69) is 0 Å². The highest BCUT2D eigenvalue weighted by Crippen LogP contribution is 2.16. The average Bonchev–Trinajstić information content (AvgIpc) is 2.92. The minimum absolute atomic E-state index is 0.000827. The predicted molar refractivity (Wildman–Crippen MR) is 75.0 cm³/mol. The summed E-state index contributed by atoms with van der Waals surface area (Å²) in [6.45, 7) is 3.32. The van der Waals surface area contributed by atoms with Gasteiger partial charge < -0.3 is 9.80 Å². The Labute approximate surface area is 114 Å². The van der Waals surface area contributed by atoms with Crippen molar-refractivity contribution < 1.29 is 9.59 Å². The number of rotatable bonds is 3. The molecule has 0 radical (unpaired) electrons. The van der Waals surface area contributed by atoms with Gasteiger partial charge in [0.05, 0.1) is 6.42 Å².